The van der Waals surface area contributed by atoms with E-state index in [1.54, 1.807) is 18.9 Å². The van der Waals surface area contributed by atoms with Gasteiger partial charge in [-0.05, 0) is 42.7 Å². The van der Waals surface area contributed by atoms with Gasteiger partial charge in [0.05, 0.1) is 17.6 Å². The van der Waals surface area contributed by atoms with Crippen LogP contribution in [0.15, 0.2) is 30.7 Å². The van der Waals surface area contributed by atoms with Gasteiger partial charge in [0.25, 0.3) is 11.9 Å². The third kappa shape index (κ3) is 4.80. The van der Waals surface area contributed by atoms with Gasteiger partial charge in [-0.15, -0.1) is 5.10 Å². The molecule has 1 saturated heterocycles. The van der Waals surface area contributed by atoms with E-state index in [-0.39, 0.29) is 34.4 Å². The van der Waals surface area contributed by atoms with E-state index < -0.39 is 11.6 Å². The number of carbonyl (C=O) groups is 1. The molecule has 0 saturated carbocycles. The summed E-state index contributed by atoms with van der Waals surface area (Å²) in [6.07, 6.45) is 5.17. The van der Waals surface area contributed by atoms with Crippen molar-refractivity contribution in [3.05, 3.63) is 47.9 Å². The van der Waals surface area contributed by atoms with Crippen LogP contribution in [0.1, 0.15) is 42.6 Å². The van der Waals surface area contributed by atoms with Crippen LogP contribution in [0.3, 0.4) is 0 Å². The fourth-order valence-electron chi connectivity index (χ4n) is 4.55. The highest BCUT2D eigenvalue weighted by molar-refractivity contribution is 5.95. The number of aryl methyl sites for hydroxylation is 1. The summed E-state index contributed by atoms with van der Waals surface area (Å²) in [5.74, 6) is -0.698. The van der Waals surface area contributed by atoms with Gasteiger partial charge in [0, 0.05) is 45.0 Å². The van der Waals surface area contributed by atoms with Crippen molar-refractivity contribution in [2.24, 2.45) is 0 Å². The predicted octanol–water partition coefficient (Wildman–Crippen LogP) is 3.39. The van der Waals surface area contributed by atoms with Gasteiger partial charge in [-0.25, -0.2) is 18.7 Å². The minimum absolute atomic E-state index is 0.0183. The summed E-state index contributed by atoms with van der Waals surface area (Å²) in [6, 6.07) is 4.12. The van der Waals surface area contributed by atoms with Gasteiger partial charge in [-0.2, -0.15) is 4.80 Å². The molecule has 4 aromatic rings. The third-order valence-corrected chi connectivity index (χ3v) is 6.44. The number of aromatic nitrogens is 7. The topological polar surface area (TPSA) is 110 Å². The van der Waals surface area contributed by atoms with Crippen LogP contribution in [0.25, 0.3) is 11.0 Å². The Balaban J connectivity index is 1.35. The van der Waals surface area contributed by atoms with Gasteiger partial charge in [0.15, 0.2) is 5.82 Å². The van der Waals surface area contributed by atoms with Crippen LogP contribution < -0.4 is 10.2 Å². The first-order valence-corrected chi connectivity index (χ1v) is 12.2. The normalized spacial score (nSPS) is 14.4. The minimum Gasteiger partial charge on any atom is -0.345 e. The molecule has 194 valence electrons. The summed E-state index contributed by atoms with van der Waals surface area (Å²) >= 11 is 0. The Morgan fingerprint density at radius 2 is 1.95 bits per heavy atom. The molecular formula is C24H28F2N10O. The van der Waals surface area contributed by atoms with Crippen LogP contribution in [-0.2, 0) is 6.54 Å². The zero-order chi connectivity index (χ0) is 26.1. The van der Waals surface area contributed by atoms with E-state index in [0.717, 1.165) is 31.9 Å². The maximum Gasteiger partial charge on any atom is 0.266 e. The molecule has 0 radical (unpaired) electrons. The molecule has 0 bridgehead atoms. The Hall–Kier alpha value is -4.16. The van der Waals surface area contributed by atoms with Crippen molar-refractivity contribution in [1.82, 2.24) is 39.6 Å². The average Bonchev–Trinajstić information content (AvgIpc) is 3.50. The van der Waals surface area contributed by atoms with Crippen LogP contribution in [0.5, 0.6) is 0 Å². The molecule has 37 heavy (non-hydrogen) atoms. The average molecular weight is 511 g/mol. The smallest absolute Gasteiger partial charge is 0.266 e. The zero-order valence-electron chi connectivity index (χ0n) is 20.9. The second-order valence-corrected chi connectivity index (χ2v) is 9.23. The van der Waals surface area contributed by atoms with Crippen molar-refractivity contribution in [2.75, 3.05) is 37.4 Å². The summed E-state index contributed by atoms with van der Waals surface area (Å²) in [5.41, 5.74) is 0.729. The number of fused-ring (bicyclic) bond motifs is 1. The molecule has 0 aliphatic carbocycles. The maximum absolute atomic E-state index is 15.2. The van der Waals surface area contributed by atoms with Gasteiger partial charge >= 0.3 is 0 Å². The lowest BCUT2D eigenvalue weighted by molar-refractivity contribution is 0.0827. The van der Waals surface area contributed by atoms with Crippen molar-refractivity contribution in [2.45, 2.75) is 38.8 Å². The molecule has 13 heteroatoms. The number of nitrogens with one attached hydrogen (secondary N) is 1. The molecular weight excluding hydrogens is 482 g/mol. The number of piperidine rings is 1. The summed E-state index contributed by atoms with van der Waals surface area (Å²) in [6.45, 7) is 4.17. The molecule has 1 N–H and O–H groups in total. The Bertz CT molecular complexity index is 1420. The molecule has 1 aliphatic rings. The predicted molar refractivity (Wildman–Crippen MR) is 134 cm³/mol. The van der Waals surface area contributed by atoms with Crippen LogP contribution in [0.2, 0.25) is 0 Å². The number of anilines is 3. The number of tetrazole rings is 1. The van der Waals surface area contributed by atoms with E-state index in [4.69, 9.17) is 0 Å². The summed E-state index contributed by atoms with van der Waals surface area (Å²) in [5, 5.41) is 15.7. The maximum atomic E-state index is 15.2. The van der Waals surface area contributed by atoms with E-state index in [0.29, 0.717) is 24.7 Å². The molecule has 11 nitrogen and oxygen atoms in total. The number of benzene rings is 1. The highest BCUT2D eigenvalue weighted by Crippen LogP contribution is 2.33. The first kappa shape index (κ1) is 24.5. The molecule has 1 aliphatic heterocycles. The molecule has 0 unspecified atom stereocenters. The highest BCUT2D eigenvalue weighted by Gasteiger charge is 2.26. The second-order valence-electron chi connectivity index (χ2n) is 9.23. The van der Waals surface area contributed by atoms with Gasteiger partial charge in [-0.1, -0.05) is 12.0 Å². The van der Waals surface area contributed by atoms with Crippen LogP contribution in [0.4, 0.5) is 26.2 Å². The quantitative estimate of drug-likeness (QED) is 0.403. The van der Waals surface area contributed by atoms with Crippen molar-refractivity contribution >= 4 is 34.4 Å². The Morgan fingerprint density at radius 1 is 1.16 bits per heavy atom. The van der Waals surface area contributed by atoms with Gasteiger partial charge in [0.1, 0.15) is 23.6 Å². The fourth-order valence-corrected chi connectivity index (χ4v) is 4.55. The lowest BCUT2D eigenvalue weighted by Gasteiger charge is -2.31. The van der Waals surface area contributed by atoms with Crippen molar-refractivity contribution in [1.29, 1.82) is 0 Å². The fraction of sp³-hybridized carbons (Fsp3) is 0.417. The number of rotatable bonds is 7. The second kappa shape index (κ2) is 10.1. The summed E-state index contributed by atoms with van der Waals surface area (Å²) in [4.78, 5) is 25.7. The molecule has 4 heterocycles. The van der Waals surface area contributed by atoms with Crippen molar-refractivity contribution in [3.63, 3.8) is 0 Å². The van der Waals surface area contributed by atoms with Gasteiger partial charge < -0.3 is 19.7 Å². The number of amides is 1. The number of halogens is 2. The molecule has 3 aromatic heterocycles. The van der Waals surface area contributed by atoms with Crippen molar-refractivity contribution < 1.29 is 13.6 Å². The number of hydrogen-bond acceptors (Lipinski definition) is 8. The molecule has 5 rings (SSSR count). The lowest BCUT2D eigenvalue weighted by atomic mass is 10.1. The number of hydrogen-bond donors (Lipinski definition) is 1. The van der Waals surface area contributed by atoms with Crippen LogP contribution in [-0.4, -0.2) is 72.7 Å². The van der Waals surface area contributed by atoms with E-state index in [9.17, 15) is 9.18 Å². The first-order chi connectivity index (χ1) is 17.9. The number of carbonyl (C=O) groups excluding carboxylic acids is 1. The lowest BCUT2D eigenvalue weighted by Crippen LogP contribution is -2.35. The molecule has 0 atom stereocenters. The monoisotopic (exact) mass is 510 g/mol. The largest absolute Gasteiger partial charge is 0.345 e. The van der Waals surface area contributed by atoms with Crippen molar-refractivity contribution in [3.8, 4) is 0 Å². The van der Waals surface area contributed by atoms with Gasteiger partial charge in [-0.3, -0.25) is 4.79 Å². The zero-order valence-corrected chi connectivity index (χ0v) is 20.9. The van der Waals surface area contributed by atoms with E-state index >= 15 is 4.39 Å². The summed E-state index contributed by atoms with van der Waals surface area (Å²) < 4.78 is 31.8. The SMILES string of the molecule is CCCn1nnc(N2CCC(n3cc(F)c4c(Nc5ccc(C(=O)N(C)C)cc5F)ncnc43)CC2)n1. The summed E-state index contributed by atoms with van der Waals surface area (Å²) in [7, 11) is 3.19. The molecule has 1 amide bonds. The Labute approximate surface area is 212 Å². The van der Waals surface area contributed by atoms with Crippen LogP contribution >= 0.6 is 0 Å². The third-order valence-electron chi connectivity index (χ3n) is 6.44. The molecule has 0 spiro atoms. The van der Waals surface area contributed by atoms with E-state index in [2.05, 4.69) is 42.5 Å². The van der Waals surface area contributed by atoms with E-state index in [1.807, 2.05) is 4.57 Å². The van der Waals surface area contributed by atoms with E-state index in [1.165, 1.54) is 29.6 Å². The highest BCUT2D eigenvalue weighted by atomic mass is 19.1. The number of nitrogens with zero attached hydrogens (tertiary/aromatic N) is 9. The molecule has 1 aromatic carbocycles. The molecule has 1 fully saturated rings. The van der Waals surface area contributed by atoms with Crippen LogP contribution in [0, 0.1) is 11.6 Å². The minimum atomic E-state index is -0.642. The Morgan fingerprint density at radius 3 is 2.65 bits per heavy atom. The standard InChI is InChI=1S/C24H28F2N10O/c1-4-9-36-31-24(30-32-36)34-10-7-16(8-11-34)35-13-18(26)20-21(27-14-28-22(20)35)29-19-6-5-15(12-17(19)25)23(37)33(2)3/h5-6,12-14,16H,4,7-11H2,1-3H3,(H,27,28,29). The first-order valence-electron chi connectivity index (χ1n) is 12.2. The van der Waals surface area contributed by atoms with Gasteiger partial charge in [0.2, 0.25) is 0 Å². The Kier molecular flexibility index (Phi) is 6.68.